The van der Waals surface area contributed by atoms with Gasteiger partial charge in [0, 0.05) is 22.6 Å². The lowest BCUT2D eigenvalue weighted by Gasteiger charge is -2.33. The Hall–Kier alpha value is -2.31. The van der Waals surface area contributed by atoms with E-state index in [0.717, 1.165) is 43.3 Å². The van der Waals surface area contributed by atoms with E-state index in [9.17, 15) is 9.59 Å². The number of amides is 2. The van der Waals surface area contributed by atoms with Crippen LogP contribution in [0.4, 0.5) is 5.69 Å². The molecule has 1 atom stereocenters. The van der Waals surface area contributed by atoms with Gasteiger partial charge in [0.15, 0.2) is 0 Å². The average molecular weight is 397 g/mol. The Morgan fingerprint density at radius 1 is 1.07 bits per heavy atom. The third kappa shape index (κ3) is 4.56. The molecular formula is C22H26N3O2S+. The first-order valence-corrected chi connectivity index (χ1v) is 10.9. The van der Waals surface area contributed by atoms with Crippen molar-refractivity contribution >= 4 is 29.3 Å². The monoisotopic (exact) mass is 396 g/mol. The van der Waals surface area contributed by atoms with Crippen molar-refractivity contribution in [1.29, 1.82) is 0 Å². The molecule has 2 aromatic rings. The molecule has 4 rings (SSSR count). The van der Waals surface area contributed by atoms with E-state index in [2.05, 4.69) is 29.6 Å². The van der Waals surface area contributed by atoms with Crippen molar-refractivity contribution in [3.8, 4) is 0 Å². The third-order valence-electron chi connectivity index (χ3n) is 5.50. The fourth-order valence-corrected chi connectivity index (χ4v) is 4.92. The molecule has 2 heterocycles. The van der Waals surface area contributed by atoms with Crippen LogP contribution in [0, 0.1) is 5.92 Å². The molecule has 146 valence electrons. The van der Waals surface area contributed by atoms with Gasteiger partial charge in [0.25, 0.3) is 0 Å². The minimum atomic E-state index is -0.278. The molecule has 2 aliphatic heterocycles. The number of rotatable bonds is 4. The lowest BCUT2D eigenvalue weighted by molar-refractivity contribution is -0.917. The Kier molecular flexibility index (Phi) is 5.98. The molecule has 28 heavy (non-hydrogen) atoms. The number of anilines is 1. The summed E-state index contributed by atoms with van der Waals surface area (Å²) in [5.41, 5.74) is 2.19. The highest BCUT2D eigenvalue weighted by atomic mass is 32.2. The van der Waals surface area contributed by atoms with Gasteiger partial charge in [-0.3, -0.25) is 9.59 Å². The first kappa shape index (κ1) is 19.0. The van der Waals surface area contributed by atoms with E-state index >= 15 is 0 Å². The molecule has 2 amide bonds. The normalized spacial score (nSPS) is 20.2. The van der Waals surface area contributed by atoms with Crippen molar-refractivity contribution in [2.24, 2.45) is 5.92 Å². The molecule has 0 aromatic heterocycles. The number of piperazine rings is 1. The molecule has 0 radical (unpaired) electrons. The first-order valence-electron chi connectivity index (χ1n) is 9.87. The van der Waals surface area contributed by atoms with E-state index in [1.54, 1.807) is 11.8 Å². The number of nitrogens with zero attached hydrogens (tertiary/aromatic N) is 1. The summed E-state index contributed by atoms with van der Waals surface area (Å²) in [5.74, 6) is 0.428. The van der Waals surface area contributed by atoms with Crippen molar-refractivity contribution in [1.82, 2.24) is 4.90 Å². The molecule has 0 spiro atoms. The quantitative estimate of drug-likeness (QED) is 0.827. The Morgan fingerprint density at radius 3 is 2.57 bits per heavy atom. The number of thioether (sulfide) groups is 1. The standard InChI is InChI=1S/C22H25N3O2S/c26-21(14-18-16-28-20-9-5-4-8-19(20)23-22(18)27)25-12-10-24(11-13-25)15-17-6-2-1-3-7-17/h1-9,18H,10-16H2,(H,23,27)/p+1/t18-/m0/s1. The molecule has 2 aromatic carbocycles. The molecule has 0 unspecified atom stereocenters. The maximum Gasteiger partial charge on any atom is 0.228 e. The zero-order chi connectivity index (χ0) is 19.3. The molecule has 6 heteroatoms. The second-order valence-corrected chi connectivity index (χ2v) is 8.55. The van der Waals surface area contributed by atoms with Gasteiger partial charge in [-0.05, 0) is 12.1 Å². The maximum absolute atomic E-state index is 12.8. The Morgan fingerprint density at radius 2 is 1.79 bits per heavy atom. The van der Waals surface area contributed by atoms with E-state index in [4.69, 9.17) is 0 Å². The van der Waals surface area contributed by atoms with Crippen molar-refractivity contribution < 1.29 is 14.5 Å². The Bertz CT molecular complexity index is 835. The molecule has 0 aliphatic carbocycles. The second-order valence-electron chi connectivity index (χ2n) is 7.49. The average Bonchev–Trinajstić information content (AvgIpc) is 2.88. The number of para-hydroxylation sites is 1. The molecule has 0 saturated carbocycles. The summed E-state index contributed by atoms with van der Waals surface area (Å²) < 4.78 is 0. The summed E-state index contributed by atoms with van der Waals surface area (Å²) in [7, 11) is 0. The topological polar surface area (TPSA) is 53.9 Å². The number of carbonyl (C=O) groups is 2. The van der Waals surface area contributed by atoms with Crippen LogP contribution < -0.4 is 10.2 Å². The van der Waals surface area contributed by atoms with Crippen LogP contribution in [-0.4, -0.2) is 48.6 Å². The molecule has 0 bridgehead atoms. The van der Waals surface area contributed by atoms with E-state index in [0.29, 0.717) is 12.2 Å². The Balaban J connectivity index is 1.28. The van der Waals surface area contributed by atoms with Crippen molar-refractivity contribution in [2.75, 3.05) is 37.2 Å². The summed E-state index contributed by atoms with van der Waals surface area (Å²) in [6.07, 6.45) is 0.293. The van der Waals surface area contributed by atoms with Crippen LogP contribution in [0.25, 0.3) is 0 Å². The van der Waals surface area contributed by atoms with Gasteiger partial charge < -0.3 is 15.1 Å². The summed E-state index contributed by atoms with van der Waals surface area (Å²) in [4.78, 5) is 29.9. The number of fused-ring (bicyclic) bond motifs is 1. The number of nitrogens with one attached hydrogen (secondary N) is 2. The first-order chi connectivity index (χ1) is 13.7. The van der Waals surface area contributed by atoms with Crippen LogP contribution in [0.1, 0.15) is 12.0 Å². The smallest absolute Gasteiger partial charge is 0.228 e. The molecule has 2 aliphatic rings. The van der Waals surface area contributed by atoms with E-state index in [1.807, 2.05) is 35.2 Å². The van der Waals surface area contributed by atoms with Crippen molar-refractivity contribution in [3.05, 3.63) is 60.2 Å². The van der Waals surface area contributed by atoms with Crippen LogP contribution in [0.15, 0.2) is 59.5 Å². The minimum Gasteiger partial charge on any atom is -0.331 e. The molecule has 1 saturated heterocycles. The summed E-state index contributed by atoms with van der Waals surface area (Å²) in [5, 5.41) is 2.98. The van der Waals surface area contributed by atoms with Crippen molar-refractivity contribution in [2.45, 2.75) is 17.9 Å². The summed E-state index contributed by atoms with van der Waals surface area (Å²) >= 11 is 1.65. The third-order valence-corrected chi connectivity index (χ3v) is 6.73. The summed E-state index contributed by atoms with van der Waals surface area (Å²) in [6, 6.07) is 18.3. The van der Waals surface area contributed by atoms with Gasteiger partial charge in [-0.25, -0.2) is 0 Å². The zero-order valence-electron chi connectivity index (χ0n) is 15.9. The van der Waals surface area contributed by atoms with E-state index < -0.39 is 0 Å². The zero-order valence-corrected chi connectivity index (χ0v) is 16.7. The fourth-order valence-electron chi connectivity index (χ4n) is 3.82. The van der Waals surface area contributed by atoms with Gasteiger partial charge in [0.05, 0.1) is 37.8 Å². The van der Waals surface area contributed by atoms with Crippen LogP contribution in [0.3, 0.4) is 0 Å². The van der Waals surface area contributed by atoms with Gasteiger partial charge in [0.1, 0.15) is 6.54 Å². The van der Waals surface area contributed by atoms with Gasteiger partial charge in [0.2, 0.25) is 11.8 Å². The lowest BCUT2D eigenvalue weighted by atomic mass is 10.1. The fraction of sp³-hybridized carbons (Fsp3) is 0.364. The lowest BCUT2D eigenvalue weighted by Crippen LogP contribution is -3.13. The largest absolute Gasteiger partial charge is 0.331 e. The van der Waals surface area contributed by atoms with E-state index in [1.165, 1.54) is 10.5 Å². The number of hydrogen-bond acceptors (Lipinski definition) is 3. The van der Waals surface area contributed by atoms with Crippen molar-refractivity contribution in [3.63, 3.8) is 0 Å². The predicted octanol–water partition coefficient (Wildman–Crippen LogP) is 1.66. The number of carbonyl (C=O) groups excluding carboxylic acids is 2. The van der Waals surface area contributed by atoms with Gasteiger partial charge in [-0.1, -0.05) is 42.5 Å². The van der Waals surface area contributed by atoms with E-state index in [-0.39, 0.29) is 17.7 Å². The van der Waals surface area contributed by atoms with Gasteiger partial charge in [-0.2, -0.15) is 0 Å². The van der Waals surface area contributed by atoms with Crippen LogP contribution >= 0.6 is 11.8 Å². The minimum absolute atomic E-state index is 0.0425. The SMILES string of the molecule is O=C1Nc2ccccc2SC[C@@H]1CC(=O)N1CC[NH+](Cc2ccccc2)CC1. The molecule has 5 nitrogen and oxygen atoms in total. The van der Waals surface area contributed by atoms with Crippen LogP contribution in [-0.2, 0) is 16.1 Å². The number of quaternary nitrogens is 1. The number of benzene rings is 2. The highest BCUT2D eigenvalue weighted by Crippen LogP contribution is 2.33. The summed E-state index contributed by atoms with van der Waals surface area (Å²) in [6.45, 7) is 4.45. The second kappa shape index (κ2) is 8.80. The highest BCUT2D eigenvalue weighted by molar-refractivity contribution is 7.99. The maximum atomic E-state index is 12.8. The molecule has 2 N–H and O–H groups in total. The number of hydrogen-bond donors (Lipinski definition) is 2. The predicted molar refractivity (Wildman–Crippen MR) is 111 cm³/mol. The molecule has 1 fully saturated rings. The van der Waals surface area contributed by atoms with Gasteiger partial charge >= 0.3 is 0 Å². The molecular weight excluding hydrogens is 370 g/mol. The Labute approximate surface area is 170 Å². The van der Waals surface area contributed by atoms with Crippen LogP contribution in [0.5, 0.6) is 0 Å². The van der Waals surface area contributed by atoms with Gasteiger partial charge in [-0.15, -0.1) is 11.8 Å². The highest BCUT2D eigenvalue weighted by Gasteiger charge is 2.30. The van der Waals surface area contributed by atoms with Crippen LogP contribution in [0.2, 0.25) is 0 Å².